The molecule has 1 aromatic carbocycles. The molecule has 2 rings (SSSR count). The van der Waals surface area contributed by atoms with E-state index in [1.54, 1.807) is 28.4 Å². The Morgan fingerprint density at radius 1 is 0.867 bits per heavy atom. The Balaban J connectivity index is 2.43. The number of ether oxygens (including phenoxy) is 5. The van der Waals surface area contributed by atoms with Crippen LogP contribution in [-0.2, 0) is 37.3 Å². The Morgan fingerprint density at radius 3 is 1.97 bits per heavy atom. The molecule has 172 valence electrons. The van der Waals surface area contributed by atoms with E-state index in [0.717, 1.165) is 0 Å². The van der Waals surface area contributed by atoms with Crippen LogP contribution >= 0.6 is 7.74 Å². The van der Waals surface area contributed by atoms with Crippen molar-refractivity contribution in [2.45, 2.75) is 44.6 Å². The minimum atomic E-state index is -3.16. The van der Waals surface area contributed by atoms with Crippen LogP contribution in [0.2, 0.25) is 0 Å². The minimum absolute atomic E-state index is 0.291. The van der Waals surface area contributed by atoms with Gasteiger partial charge in [0, 0.05) is 28.4 Å². The molecule has 0 aromatic heterocycles. The van der Waals surface area contributed by atoms with E-state index in [4.69, 9.17) is 42.0 Å². The zero-order valence-electron chi connectivity index (χ0n) is 18.6. The van der Waals surface area contributed by atoms with Crippen LogP contribution in [0.3, 0.4) is 0 Å². The van der Waals surface area contributed by atoms with Crippen LogP contribution < -0.4 is 0 Å². The van der Waals surface area contributed by atoms with Crippen LogP contribution in [0.5, 0.6) is 0 Å². The van der Waals surface area contributed by atoms with Crippen LogP contribution in [0.15, 0.2) is 35.1 Å². The lowest BCUT2D eigenvalue weighted by molar-refractivity contribution is -0.294. The van der Waals surface area contributed by atoms with Crippen LogP contribution in [0, 0.1) is 0 Å². The van der Waals surface area contributed by atoms with Crippen molar-refractivity contribution in [3.05, 3.63) is 30.3 Å². The highest BCUT2D eigenvalue weighted by molar-refractivity contribution is 7.51. The third-order valence-electron chi connectivity index (χ3n) is 4.55. The molecular weight excluding hydrogens is 413 g/mol. The van der Waals surface area contributed by atoms with E-state index in [1.165, 1.54) is 0 Å². The Hall–Kier alpha value is -0.870. The van der Waals surface area contributed by atoms with Crippen LogP contribution in [0.25, 0.3) is 0 Å². The molecule has 9 nitrogen and oxygen atoms in total. The maximum Gasteiger partial charge on any atom is 0.363 e. The van der Waals surface area contributed by atoms with Crippen LogP contribution in [0.1, 0.15) is 13.8 Å². The molecule has 1 saturated heterocycles. The second-order valence-corrected chi connectivity index (χ2v) is 8.31. The second-order valence-electron chi connectivity index (χ2n) is 6.44. The third kappa shape index (κ3) is 6.32. The molecule has 1 unspecified atom stereocenters. The van der Waals surface area contributed by atoms with E-state index >= 15 is 0 Å². The van der Waals surface area contributed by atoms with Crippen molar-refractivity contribution in [1.29, 1.82) is 0 Å². The summed E-state index contributed by atoms with van der Waals surface area (Å²) in [6, 6.07) is 9.41. The average molecular weight is 447 g/mol. The van der Waals surface area contributed by atoms with Gasteiger partial charge in [-0.1, -0.05) is 18.2 Å². The molecule has 5 atom stereocenters. The summed E-state index contributed by atoms with van der Waals surface area (Å²) in [5.74, 6) is 0. The monoisotopic (exact) mass is 447 g/mol. The van der Waals surface area contributed by atoms with Gasteiger partial charge in [-0.2, -0.15) is 4.74 Å². The number of hydrogen-bond acceptors (Lipinski definition) is 9. The van der Waals surface area contributed by atoms with E-state index in [2.05, 4.69) is 0 Å². The first-order valence-electron chi connectivity index (χ1n) is 9.95. The molecule has 1 aromatic rings. The molecule has 1 fully saturated rings. The molecule has 0 N–H and O–H groups in total. The lowest BCUT2D eigenvalue weighted by Crippen LogP contribution is -2.61. The van der Waals surface area contributed by atoms with E-state index in [9.17, 15) is 0 Å². The van der Waals surface area contributed by atoms with Gasteiger partial charge in [-0.25, -0.2) is 0 Å². The molecule has 30 heavy (non-hydrogen) atoms. The van der Waals surface area contributed by atoms with E-state index < -0.39 is 38.4 Å². The van der Waals surface area contributed by atoms with Gasteiger partial charge >= 0.3 is 7.74 Å². The van der Waals surface area contributed by atoms with E-state index in [-0.39, 0.29) is 0 Å². The third-order valence-corrected chi connectivity index (χ3v) is 6.67. The van der Waals surface area contributed by atoms with Gasteiger partial charge in [0.25, 0.3) is 0 Å². The summed E-state index contributed by atoms with van der Waals surface area (Å²) in [7, 11) is 3.19. The Morgan fingerprint density at radius 2 is 1.47 bits per heavy atom. The Bertz CT molecular complexity index is 651. The fourth-order valence-electron chi connectivity index (χ4n) is 3.34. The summed E-state index contributed by atoms with van der Waals surface area (Å²) in [4.78, 5) is 0. The quantitative estimate of drug-likeness (QED) is 0.448. The van der Waals surface area contributed by atoms with Gasteiger partial charge in [0.05, 0.1) is 25.5 Å². The molecule has 1 aliphatic rings. The van der Waals surface area contributed by atoms with Gasteiger partial charge in [-0.3, -0.25) is 4.52 Å². The number of nitrogens with zero attached hydrogens (tertiary/aromatic N) is 1. The van der Waals surface area contributed by atoms with Crippen molar-refractivity contribution in [2.75, 3.05) is 48.3 Å². The van der Waals surface area contributed by atoms with Gasteiger partial charge in [0.15, 0.2) is 6.29 Å². The Kier molecular flexibility index (Phi) is 10.9. The van der Waals surface area contributed by atoms with Crippen molar-refractivity contribution >= 4 is 13.4 Å². The predicted molar refractivity (Wildman–Crippen MR) is 113 cm³/mol. The summed E-state index contributed by atoms with van der Waals surface area (Å²) in [6.45, 7) is 4.72. The second kappa shape index (κ2) is 12.9. The highest BCUT2D eigenvalue weighted by Gasteiger charge is 2.49. The van der Waals surface area contributed by atoms with Crippen LogP contribution in [0.4, 0.5) is 5.69 Å². The number of methoxy groups -OCH3 is 4. The molecule has 0 spiro atoms. The van der Waals surface area contributed by atoms with Crippen molar-refractivity contribution in [1.82, 2.24) is 0 Å². The van der Waals surface area contributed by atoms with Crippen molar-refractivity contribution in [3.8, 4) is 0 Å². The molecule has 0 aliphatic carbocycles. The first kappa shape index (κ1) is 25.4. The SMILES string of the molecule is CCOP(=Nc1ccccc1)(OCC)OC1O[C@H](COC)[C@H](OC)[C@H](OC)[C@H]1OC. The summed E-state index contributed by atoms with van der Waals surface area (Å²) in [5, 5.41) is 0. The number of rotatable bonds is 12. The normalized spacial score (nSPS) is 27.2. The van der Waals surface area contributed by atoms with Gasteiger partial charge in [-0.15, -0.1) is 0 Å². The molecule has 1 heterocycles. The highest BCUT2D eigenvalue weighted by atomic mass is 31.2. The van der Waals surface area contributed by atoms with E-state index in [1.807, 2.05) is 44.2 Å². The first-order valence-corrected chi connectivity index (χ1v) is 11.4. The Labute approximate surface area is 179 Å². The molecule has 1 aliphatic heterocycles. The van der Waals surface area contributed by atoms with E-state index in [0.29, 0.717) is 25.5 Å². The summed E-state index contributed by atoms with van der Waals surface area (Å²) in [6.07, 6.45) is -2.77. The largest absolute Gasteiger partial charge is 0.382 e. The zero-order chi connectivity index (χ0) is 22.0. The molecule has 0 saturated carbocycles. The lowest BCUT2D eigenvalue weighted by Gasteiger charge is -2.45. The number of hydrogen-bond donors (Lipinski definition) is 0. The maximum atomic E-state index is 6.33. The van der Waals surface area contributed by atoms with Gasteiger partial charge in [-0.05, 0) is 26.0 Å². The fourth-order valence-corrected chi connectivity index (χ4v) is 5.20. The van der Waals surface area contributed by atoms with Crippen molar-refractivity contribution in [2.24, 2.45) is 4.74 Å². The van der Waals surface area contributed by atoms with Gasteiger partial charge in [0.1, 0.15) is 24.4 Å². The summed E-state index contributed by atoms with van der Waals surface area (Å²) in [5.41, 5.74) is 0.684. The standard InChI is InChI=1S/C20H34NO8P/c1-7-26-30(27-8-2,21-15-12-10-9-11-13-15)29-20-19(25-6)18(24-5)17(23-4)16(28-20)14-22-3/h9-13,16-20H,7-8,14H2,1-6H3/t16-,17+,18+,19-,20?/m1/s1. The molecule has 10 heteroatoms. The molecule has 0 amide bonds. The highest BCUT2D eigenvalue weighted by Crippen LogP contribution is 2.57. The van der Waals surface area contributed by atoms with Crippen molar-refractivity contribution < 1.29 is 37.3 Å². The zero-order valence-corrected chi connectivity index (χ0v) is 19.4. The molecule has 0 bridgehead atoms. The summed E-state index contributed by atoms with van der Waals surface area (Å²) >= 11 is 0. The first-order chi connectivity index (χ1) is 14.6. The summed E-state index contributed by atoms with van der Waals surface area (Å²) < 4.78 is 51.4. The molecular formula is C20H34NO8P. The van der Waals surface area contributed by atoms with Crippen molar-refractivity contribution in [3.63, 3.8) is 0 Å². The predicted octanol–water partition coefficient (Wildman–Crippen LogP) is 3.77. The van der Waals surface area contributed by atoms with Crippen LogP contribution in [-0.4, -0.2) is 79.0 Å². The number of benzene rings is 1. The smallest absolute Gasteiger partial charge is 0.363 e. The topological polar surface area (TPSA) is 86.2 Å². The lowest BCUT2D eigenvalue weighted by atomic mass is 9.98. The minimum Gasteiger partial charge on any atom is -0.382 e. The van der Waals surface area contributed by atoms with Gasteiger partial charge < -0.3 is 32.7 Å². The maximum absolute atomic E-state index is 6.33. The molecule has 0 radical (unpaired) electrons. The average Bonchev–Trinajstić information content (AvgIpc) is 2.74. The fraction of sp³-hybridized carbons (Fsp3) is 0.700. The van der Waals surface area contributed by atoms with Gasteiger partial charge in [0.2, 0.25) is 0 Å².